The van der Waals surface area contributed by atoms with Crippen LogP contribution in [0.5, 0.6) is 11.5 Å². The number of urea groups is 1. The zero-order valence-corrected chi connectivity index (χ0v) is 33.4. The minimum Gasteiger partial charge on any atom is -0.457 e. The van der Waals surface area contributed by atoms with Gasteiger partial charge in [0.25, 0.3) is 0 Å². The summed E-state index contributed by atoms with van der Waals surface area (Å²) < 4.78 is 19.4. The first-order chi connectivity index (χ1) is 29.5. The molecule has 8 rings (SSSR count). The summed E-state index contributed by atoms with van der Waals surface area (Å²) in [6, 6.07) is 62.1. The molecule has 0 aromatic heterocycles. The number of benzene rings is 7. The minimum atomic E-state index is -0.588. The van der Waals surface area contributed by atoms with Gasteiger partial charge >= 0.3 is 6.03 Å². The third-order valence-electron chi connectivity index (χ3n) is 10.6. The maximum Gasteiger partial charge on any atom is 0.319 e. The molecule has 7 aromatic rings. The highest BCUT2D eigenvalue weighted by Gasteiger charge is 2.33. The predicted molar refractivity (Wildman–Crippen MR) is 236 cm³/mol. The van der Waals surface area contributed by atoms with E-state index in [0.717, 1.165) is 58.8 Å². The molecule has 2 amide bonds. The molecule has 3 N–H and O–H groups in total. The lowest BCUT2D eigenvalue weighted by atomic mass is 9.97. The van der Waals surface area contributed by atoms with Crippen LogP contribution in [0.25, 0.3) is 11.1 Å². The zero-order valence-electron chi connectivity index (χ0n) is 33.4. The van der Waals surface area contributed by atoms with Crippen LogP contribution in [0.4, 0.5) is 10.5 Å². The monoisotopic (exact) mass is 795 g/mol. The molecular weight excluding hydrogens is 747 g/mol. The number of amides is 2. The summed E-state index contributed by atoms with van der Waals surface area (Å²) in [7, 11) is 0. The maximum atomic E-state index is 13.0. The van der Waals surface area contributed by atoms with Crippen molar-refractivity contribution in [1.82, 2.24) is 10.2 Å². The third-order valence-corrected chi connectivity index (χ3v) is 10.6. The van der Waals surface area contributed by atoms with Crippen LogP contribution in [0.1, 0.15) is 52.2 Å². The van der Waals surface area contributed by atoms with Crippen molar-refractivity contribution in [3.05, 3.63) is 221 Å². The van der Waals surface area contributed by atoms with E-state index in [4.69, 9.17) is 14.2 Å². The Morgan fingerprint density at radius 1 is 0.617 bits per heavy atom. The van der Waals surface area contributed by atoms with Gasteiger partial charge in [0.1, 0.15) is 11.5 Å². The number of anilines is 1. The molecule has 7 aromatic carbocycles. The molecule has 0 aliphatic carbocycles. The maximum absolute atomic E-state index is 13.0. The average Bonchev–Trinajstić information content (AvgIpc) is 3.30. The molecule has 0 unspecified atom stereocenters. The van der Waals surface area contributed by atoms with Crippen LogP contribution < -0.4 is 15.4 Å². The normalized spacial score (nSPS) is 16.3. The third kappa shape index (κ3) is 10.9. The van der Waals surface area contributed by atoms with Gasteiger partial charge in [0.15, 0.2) is 6.29 Å². The van der Waals surface area contributed by atoms with Crippen molar-refractivity contribution < 1.29 is 24.1 Å². The fraction of sp³-hybridized carbons (Fsp3) is 0.173. The molecule has 302 valence electrons. The van der Waals surface area contributed by atoms with Crippen LogP contribution >= 0.6 is 0 Å². The Morgan fingerprint density at radius 3 is 1.85 bits per heavy atom. The quantitative estimate of drug-likeness (QED) is 0.0957. The van der Waals surface area contributed by atoms with Crippen LogP contribution in [0, 0.1) is 0 Å². The number of aliphatic hydroxyl groups is 1. The first-order valence-electron chi connectivity index (χ1n) is 20.4. The van der Waals surface area contributed by atoms with Gasteiger partial charge in [0, 0.05) is 43.9 Å². The Hall–Kier alpha value is -6.55. The highest BCUT2D eigenvalue weighted by molar-refractivity contribution is 5.89. The van der Waals surface area contributed by atoms with Gasteiger partial charge < -0.3 is 30.0 Å². The molecular formula is C52H49N3O5. The molecule has 1 fully saturated rings. The average molecular weight is 796 g/mol. The molecule has 0 radical (unpaired) electrons. The van der Waals surface area contributed by atoms with Crippen LogP contribution in [0.15, 0.2) is 188 Å². The number of nitrogens with one attached hydrogen (secondary N) is 2. The Morgan fingerprint density at radius 2 is 1.20 bits per heavy atom. The second-order valence-electron chi connectivity index (χ2n) is 15.0. The number of rotatable bonds is 15. The van der Waals surface area contributed by atoms with Crippen molar-refractivity contribution in [2.45, 2.75) is 51.2 Å². The van der Waals surface area contributed by atoms with Gasteiger partial charge in [-0.2, -0.15) is 0 Å². The van der Waals surface area contributed by atoms with E-state index in [2.05, 4.69) is 107 Å². The standard InChI is InChI=1S/C52H49N3O5/c56-37-40-20-22-42(23-21-40)50-32-48(36-55(34-38-12-4-1-5-13-38)35-39-14-6-2-7-15-39)59-51(60-50)43-26-24-41(25-27-43)49-19-11-10-16-44(49)33-53-52(57)54-45-28-30-47(31-29-45)58-46-17-8-3-9-18-46/h1-31,48,50-51,56H,32-37H2,(H2,53,54,57)/t48-,50+,51+/m1/s1. The Kier molecular flexibility index (Phi) is 13.4. The van der Waals surface area contributed by atoms with Crippen molar-refractivity contribution in [1.29, 1.82) is 0 Å². The molecule has 0 saturated carbocycles. The summed E-state index contributed by atoms with van der Waals surface area (Å²) in [4.78, 5) is 15.4. The molecule has 1 heterocycles. The summed E-state index contributed by atoms with van der Waals surface area (Å²) in [6.07, 6.45) is -0.211. The van der Waals surface area contributed by atoms with Gasteiger partial charge in [-0.15, -0.1) is 0 Å². The lowest BCUT2D eigenvalue weighted by molar-refractivity contribution is -0.253. The first-order valence-corrected chi connectivity index (χ1v) is 20.4. The van der Waals surface area contributed by atoms with Crippen LogP contribution in [-0.2, 0) is 35.7 Å². The van der Waals surface area contributed by atoms with E-state index in [-0.39, 0.29) is 24.8 Å². The Bertz CT molecular complexity index is 2350. The first kappa shape index (κ1) is 40.2. The van der Waals surface area contributed by atoms with Crippen molar-refractivity contribution >= 4 is 11.7 Å². The molecule has 60 heavy (non-hydrogen) atoms. The number of para-hydroxylation sites is 1. The fourth-order valence-corrected chi connectivity index (χ4v) is 7.55. The molecule has 1 saturated heterocycles. The van der Waals surface area contributed by atoms with E-state index in [1.807, 2.05) is 97.1 Å². The number of ether oxygens (including phenoxy) is 3. The van der Waals surface area contributed by atoms with Gasteiger partial charge in [0.2, 0.25) is 0 Å². The summed E-state index contributed by atoms with van der Waals surface area (Å²) in [6.45, 7) is 2.63. The van der Waals surface area contributed by atoms with E-state index < -0.39 is 6.29 Å². The van der Waals surface area contributed by atoms with E-state index in [1.54, 1.807) is 0 Å². The molecule has 8 heteroatoms. The van der Waals surface area contributed by atoms with Crippen LogP contribution in [0.2, 0.25) is 0 Å². The number of carbonyl (C=O) groups excluding carboxylic acids is 1. The summed E-state index contributed by atoms with van der Waals surface area (Å²) >= 11 is 0. The highest BCUT2D eigenvalue weighted by atomic mass is 16.7. The van der Waals surface area contributed by atoms with Gasteiger partial charge in [-0.1, -0.05) is 152 Å². The number of nitrogens with zero attached hydrogens (tertiary/aromatic N) is 1. The van der Waals surface area contributed by atoms with E-state index in [1.165, 1.54) is 11.1 Å². The lowest BCUT2D eigenvalue weighted by Gasteiger charge is -2.38. The van der Waals surface area contributed by atoms with E-state index in [0.29, 0.717) is 24.4 Å². The molecule has 1 aliphatic heterocycles. The molecule has 0 spiro atoms. The van der Waals surface area contributed by atoms with Crippen LogP contribution in [-0.4, -0.2) is 28.7 Å². The lowest BCUT2D eigenvalue weighted by Crippen LogP contribution is -2.39. The topological polar surface area (TPSA) is 92.3 Å². The molecule has 8 nitrogen and oxygen atoms in total. The van der Waals surface area contributed by atoms with Crippen molar-refractivity contribution in [3.8, 4) is 22.6 Å². The zero-order chi connectivity index (χ0) is 40.9. The van der Waals surface area contributed by atoms with Gasteiger partial charge in [-0.25, -0.2) is 4.79 Å². The molecule has 3 atom stereocenters. The number of hydrogen-bond donors (Lipinski definition) is 3. The van der Waals surface area contributed by atoms with E-state index in [9.17, 15) is 9.90 Å². The number of hydrogen-bond acceptors (Lipinski definition) is 6. The van der Waals surface area contributed by atoms with Gasteiger partial charge in [-0.05, 0) is 75.3 Å². The number of carbonyl (C=O) groups is 1. The van der Waals surface area contributed by atoms with Crippen molar-refractivity contribution in [2.24, 2.45) is 0 Å². The smallest absolute Gasteiger partial charge is 0.319 e. The summed E-state index contributed by atoms with van der Waals surface area (Å²) in [5.41, 5.74) is 9.03. The Labute approximate surface area is 352 Å². The van der Waals surface area contributed by atoms with Gasteiger partial charge in [-0.3, -0.25) is 4.90 Å². The van der Waals surface area contributed by atoms with Crippen molar-refractivity contribution in [3.63, 3.8) is 0 Å². The van der Waals surface area contributed by atoms with Crippen molar-refractivity contribution in [2.75, 3.05) is 11.9 Å². The second kappa shape index (κ2) is 19.9. The van der Waals surface area contributed by atoms with Gasteiger partial charge in [0.05, 0.1) is 18.8 Å². The molecule has 1 aliphatic rings. The minimum absolute atomic E-state index is 0.00663. The summed E-state index contributed by atoms with van der Waals surface area (Å²) in [5, 5.41) is 15.6. The molecule has 0 bridgehead atoms. The second-order valence-corrected chi connectivity index (χ2v) is 15.0. The SMILES string of the molecule is O=C(NCc1ccccc1-c1ccc([C@H]2O[C@@H](CN(Cc3ccccc3)Cc3ccccc3)C[C@@H](c3ccc(CO)cc3)O2)cc1)Nc1ccc(Oc2ccccc2)cc1. The fourth-order valence-electron chi connectivity index (χ4n) is 7.55. The Balaban J connectivity index is 0.953. The predicted octanol–water partition coefficient (Wildman–Crippen LogP) is 11.2. The summed E-state index contributed by atoms with van der Waals surface area (Å²) in [5.74, 6) is 1.44. The highest BCUT2D eigenvalue weighted by Crippen LogP contribution is 2.39. The van der Waals surface area contributed by atoms with Crippen LogP contribution in [0.3, 0.4) is 0 Å². The van der Waals surface area contributed by atoms with E-state index >= 15 is 0 Å². The largest absolute Gasteiger partial charge is 0.457 e. The number of aliphatic hydroxyl groups excluding tert-OH is 1.